The van der Waals surface area contributed by atoms with E-state index in [4.69, 9.17) is 33.2 Å². The molecule has 0 aliphatic heterocycles. The highest BCUT2D eigenvalue weighted by Crippen LogP contribution is 2.42. The zero-order chi connectivity index (χ0) is 63.3. The lowest BCUT2D eigenvalue weighted by Crippen LogP contribution is -2.74. The minimum absolute atomic E-state index is 0.751. The molecule has 0 saturated carbocycles. The van der Waals surface area contributed by atoms with Gasteiger partial charge in [0, 0.05) is 79.4 Å². The van der Waals surface area contributed by atoms with Crippen molar-refractivity contribution in [3.8, 4) is 11.6 Å². The molecule has 0 bridgehead atoms. The first-order valence-electron chi connectivity index (χ1n) is 31.3. The molecule has 0 aliphatic rings. The molecule has 94 heavy (non-hydrogen) atoms. The molecule has 0 fully saturated rings. The lowest BCUT2D eigenvalue weighted by Gasteiger charge is -2.34. The van der Waals surface area contributed by atoms with Gasteiger partial charge in [-0.2, -0.15) is 0 Å². The smallest absolute Gasteiger partial charge is 0.179 e. The molecule has 6 heterocycles. The van der Waals surface area contributed by atoms with E-state index in [0.29, 0.717) is 0 Å². The lowest BCUT2D eigenvalue weighted by atomic mass is 10.1. The van der Waals surface area contributed by atoms with Gasteiger partial charge in [-0.25, -0.2) is 9.97 Å². The molecule has 0 radical (unpaired) electrons. The summed E-state index contributed by atoms with van der Waals surface area (Å²) in [5.41, 5.74) is 4.69. The molecule has 0 saturated heterocycles. The van der Waals surface area contributed by atoms with Gasteiger partial charge < -0.3 is 0 Å². The van der Waals surface area contributed by atoms with Crippen molar-refractivity contribution in [2.45, 2.75) is 6.55 Å². The fraction of sp³-hybridized carbons (Fsp3) is 0.0120. The van der Waals surface area contributed by atoms with E-state index in [2.05, 4.69) is 317 Å². The summed E-state index contributed by atoms with van der Waals surface area (Å²) in [4.78, 5) is 10.0. The van der Waals surface area contributed by atoms with E-state index in [9.17, 15) is 0 Å². The minimum Gasteiger partial charge on any atom is -0.293 e. The van der Waals surface area contributed by atoms with Crippen molar-refractivity contribution < 1.29 is 0 Å². The Morgan fingerprint density at radius 1 is 0.309 bits per heavy atom. The third kappa shape index (κ3) is 10.3. The van der Waals surface area contributed by atoms with E-state index in [1.807, 2.05) is 65.4 Å². The van der Waals surface area contributed by atoms with Crippen molar-refractivity contribution in [3.63, 3.8) is 0 Å². The van der Waals surface area contributed by atoms with E-state index in [1.165, 1.54) is 109 Å². The van der Waals surface area contributed by atoms with Crippen molar-refractivity contribution in [2.75, 3.05) is 0 Å². The second-order valence-corrected chi connectivity index (χ2v) is 35.4. The average molecular weight is 1380 g/mol. The predicted molar refractivity (Wildman–Crippen MR) is 414 cm³/mol. The van der Waals surface area contributed by atoms with Crippen LogP contribution in [0.4, 0.5) is 0 Å². The van der Waals surface area contributed by atoms with Crippen molar-refractivity contribution >= 4 is 198 Å². The molecule has 0 atom stereocenters. The Balaban J connectivity index is 0.000000134. The second-order valence-electron chi connectivity index (χ2n) is 23.7. The number of thiophene rings is 2. The first-order valence-corrected chi connectivity index (χ1v) is 38.9. The molecule has 6 aromatic heterocycles. The van der Waals surface area contributed by atoms with E-state index >= 15 is 0 Å². The topological polar surface area (TPSA) is 35.6 Å². The van der Waals surface area contributed by atoms with E-state index in [0.717, 1.165) is 37.2 Å². The Bertz CT molecular complexity index is 5740. The van der Waals surface area contributed by atoms with Gasteiger partial charge in [0.25, 0.3) is 0 Å². The Morgan fingerprint density at radius 3 is 1.14 bits per heavy atom. The number of para-hydroxylation sites is 2. The minimum atomic E-state index is -2.78. The van der Waals surface area contributed by atoms with Crippen LogP contribution in [0.1, 0.15) is 0 Å². The van der Waals surface area contributed by atoms with Crippen LogP contribution in [0.5, 0.6) is 0 Å². The van der Waals surface area contributed by atoms with Gasteiger partial charge in [-0.15, -0.1) is 22.7 Å². The molecule has 18 rings (SSSR count). The highest BCUT2D eigenvalue weighted by Gasteiger charge is 2.42. The fourth-order valence-corrected chi connectivity index (χ4v) is 25.9. The summed E-state index contributed by atoms with van der Waals surface area (Å²) in [6.07, 6.45) is 3.91. The number of hydrogen-bond acceptors (Lipinski definition) is 4. The summed E-state index contributed by atoms with van der Waals surface area (Å²) in [6.45, 7) is 2.48. The van der Waals surface area contributed by atoms with E-state index in [-0.39, 0.29) is 0 Å². The summed E-state index contributed by atoms with van der Waals surface area (Å²) >= 11 is 19.3. The summed E-state index contributed by atoms with van der Waals surface area (Å²) in [7, 11) is -5.02. The molecule has 0 aliphatic carbocycles. The standard InChI is InChI=1S/C41H27ClN2SSi.C36H26N2SSi.C6H4BrCl/c42-28-12-11-17-31(26-28)46(29-13-3-1-4-14-29,30-15-5-2-6-16-30)32-22-23-38-36(27-32)33-18-7-9-20-37(33)44(38)41-40-35(24-25-43-41)34-19-8-10-21-39(34)45-40;1-40(25-12-4-2-5-13-25,26-14-6-3-7-15-26)27-20-21-33-31(24-27)28-16-8-10-18-32(28)38(33)36-35-30(22-23-37-36)29-17-9-11-19-34(29)39-35;7-5-2-1-3-6(8)4-5/h1-27H;2-24H,1H3;1-4H. The highest BCUT2D eigenvalue weighted by molar-refractivity contribution is 9.10. The molecule has 450 valence electrons. The number of aromatic nitrogens is 4. The maximum absolute atomic E-state index is 6.75. The SMILES string of the molecule is C[Si](c1ccccc1)(c1ccccc1)c1ccc2c(c1)c1ccccc1n2-c1nccc2c1sc1ccccc12.Clc1cccc(Br)c1.Clc1cccc([Si](c2ccccc2)(c2ccccc2)c2ccc3c(c2)c2ccccc2n3-c2nccc3c2sc2ccccc23)c1. The number of hydrogen-bond donors (Lipinski definition) is 0. The summed E-state index contributed by atoms with van der Waals surface area (Å²) < 4.78 is 10.7. The van der Waals surface area contributed by atoms with Gasteiger partial charge in [-0.05, 0) is 115 Å². The van der Waals surface area contributed by atoms with Crippen LogP contribution in [-0.2, 0) is 0 Å². The van der Waals surface area contributed by atoms with Crippen LogP contribution in [0.25, 0.3) is 95.6 Å². The monoisotopic (exact) mass is 1380 g/mol. The maximum Gasteiger partial charge on any atom is 0.179 e. The molecular formula is C83H57BrCl2N4S2Si2. The first-order chi connectivity index (χ1) is 46.2. The van der Waals surface area contributed by atoms with E-state index < -0.39 is 16.1 Å². The van der Waals surface area contributed by atoms with Gasteiger partial charge in [0.15, 0.2) is 19.7 Å². The second kappa shape index (κ2) is 25.1. The normalized spacial score (nSPS) is 11.8. The van der Waals surface area contributed by atoms with Gasteiger partial charge in [0.2, 0.25) is 0 Å². The predicted octanol–water partition coefficient (Wildman–Crippen LogP) is 19.3. The van der Waals surface area contributed by atoms with Crippen LogP contribution in [0, 0.1) is 0 Å². The number of nitrogens with zero attached hydrogens (tertiary/aromatic N) is 4. The number of fused-ring (bicyclic) bond motifs is 12. The van der Waals surface area contributed by atoms with Gasteiger partial charge >= 0.3 is 0 Å². The summed E-state index contributed by atoms with van der Waals surface area (Å²) in [6, 6.07) is 114. The van der Waals surface area contributed by atoms with Crippen molar-refractivity contribution in [1.29, 1.82) is 0 Å². The number of benzene rings is 12. The average Bonchev–Trinajstić information content (AvgIpc) is 1.17. The first kappa shape index (κ1) is 59.5. The Morgan fingerprint density at radius 2 is 0.681 bits per heavy atom. The van der Waals surface area contributed by atoms with Crippen molar-refractivity contribution in [3.05, 3.63) is 342 Å². The largest absolute Gasteiger partial charge is 0.293 e. The van der Waals surface area contributed by atoms with Gasteiger partial charge in [-0.3, -0.25) is 9.13 Å². The van der Waals surface area contributed by atoms with Crippen LogP contribution in [-0.4, -0.2) is 35.2 Å². The Kier molecular flexibility index (Phi) is 15.9. The molecule has 0 amide bonds. The third-order valence-corrected chi connectivity index (χ3v) is 31.0. The molecule has 4 nitrogen and oxygen atoms in total. The molecule has 18 aromatic rings. The van der Waals surface area contributed by atoms with Gasteiger partial charge in [0.1, 0.15) is 8.07 Å². The Labute approximate surface area is 573 Å². The number of halogens is 3. The molecule has 12 aromatic carbocycles. The lowest BCUT2D eigenvalue weighted by molar-refractivity contribution is 1.11. The van der Waals surface area contributed by atoms with Crippen LogP contribution < -0.4 is 36.3 Å². The zero-order valence-corrected chi connectivity index (χ0v) is 57.6. The van der Waals surface area contributed by atoms with Crippen LogP contribution in [0.15, 0.2) is 332 Å². The van der Waals surface area contributed by atoms with Crippen LogP contribution in [0.3, 0.4) is 0 Å². The zero-order valence-electron chi connectivity index (χ0n) is 50.9. The molecule has 11 heteroatoms. The molecule has 0 unspecified atom stereocenters. The number of pyridine rings is 2. The maximum atomic E-state index is 6.75. The number of rotatable bonds is 9. The van der Waals surface area contributed by atoms with Crippen LogP contribution >= 0.6 is 61.8 Å². The molecule has 0 N–H and O–H groups in total. The van der Waals surface area contributed by atoms with Gasteiger partial charge in [0.05, 0.1) is 31.5 Å². The molecule has 0 spiro atoms. The quantitative estimate of drug-likeness (QED) is 0.107. The van der Waals surface area contributed by atoms with E-state index in [1.54, 1.807) is 0 Å². The molecular weight excluding hydrogens is 1320 g/mol. The Hall–Kier alpha value is -9.53. The fourth-order valence-electron chi connectivity index (χ4n) is 14.1. The third-order valence-electron chi connectivity index (χ3n) is 18.5. The van der Waals surface area contributed by atoms with Crippen molar-refractivity contribution in [2.24, 2.45) is 0 Å². The van der Waals surface area contributed by atoms with Crippen molar-refractivity contribution in [1.82, 2.24) is 19.1 Å². The summed E-state index contributed by atoms with van der Waals surface area (Å²) in [5.74, 6) is 1.98. The summed E-state index contributed by atoms with van der Waals surface area (Å²) in [5, 5.41) is 21.0. The highest BCUT2D eigenvalue weighted by atomic mass is 79.9. The van der Waals surface area contributed by atoms with Crippen LogP contribution in [0.2, 0.25) is 16.6 Å². The van der Waals surface area contributed by atoms with Gasteiger partial charge in [-0.1, -0.05) is 282 Å².